The third-order valence-electron chi connectivity index (χ3n) is 4.75. The first-order valence-corrected chi connectivity index (χ1v) is 11.0. The number of aryl methyl sites for hydroxylation is 1. The van der Waals surface area contributed by atoms with Gasteiger partial charge in [-0.25, -0.2) is 12.7 Å². The SMILES string of the molecule is CCCC(=O)N(c1ccc2oc(C)c(C(C)=O)c2c1)S(=O)(=O)c1ccc(C(=O)[O-])cc1. The summed E-state index contributed by atoms with van der Waals surface area (Å²) in [5.74, 6) is -1.96. The molecule has 8 nitrogen and oxygen atoms in total. The van der Waals surface area contributed by atoms with E-state index in [2.05, 4.69) is 0 Å². The topological polar surface area (TPSA) is 125 Å². The highest BCUT2D eigenvalue weighted by Crippen LogP contribution is 2.32. The predicted molar refractivity (Wildman–Crippen MR) is 111 cm³/mol. The van der Waals surface area contributed by atoms with Gasteiger partial charge in [0.2, 0.25) is 5.91 Å². The minimum Gasteiger partial charge on any atom is -0.545 e. The van der Waals surface area contributed by atoms with Crippen LogP contribution in [0.25, 0.3) is 11.0 Å². The van der Waals surface area contributed by atoms with E-state index >= 15 is 0 Å². The summed E-state index contributed by atoms with van der Waals surface area (Å²) in [5.41, 5.74) is 0.575. The summed E-state index contributed by atoms with van der Waals surface area (Å²) in [4.78, 5) is 35.6. The normalized spacial score (nSPS) is 11.5. The average molecular weight is 442 g/mol. The minimum absolute atomic E-state index is 0.0294. The van der Waals surface area contributed by atoms with E-state index in [1.807, 2.05) is 0 Å². The summed E-state index contributed by atoms with van der Waals surface area (Å²) in [5, 5.41) is 11.4. The lowest BCUT2D eigenvalue weighted by Gasteiger charge is -2.23. The molecule has 0 atom stereocenters. The molecule has 1 heterocycles. The van der Waals surface area contributed by atoms with Crippen molar-refractivity contribution in [2.24, 2.45) is 0 Å². The van der Waals surface area contributed by atoms with Crippen LogP contribution < -0.4 is 9.41 Å². The molecule has 162 valence electrons. The summed E-state index contributed by atoms with van der Waals surface area (Å²) in [6.07, 6.45) is 0.388. The van der Waals surface area contributed by atoms with E-state index in [1.165, 1.54) is 25.1 Å². The number of carboxylic acid groups (broad SMARTS) is 1. The number of carbonyl (C=O) groups excluding carboxylic acids is 3. The second kappa shape index (κ2) is 8.35. The number of anilines is 1. The number of fused-ring (bicyclic) bond motifs is 1. The zero-order valence-electron chi connectivity index (χ0n) is 17.2. The zero-order chi connectivity index (χ0) is 22.9. The van der Waals surface area contributed by atoms with Crippen molar-refractivity contribution in [3.63, 3.8) is 0 Å². The Morgan fingerprint density at radius 3 is 2.26 bits per heavy atom. The number of furan rings is 1. The molecule has 0 radical (unpaired) electrons. The molecule has 1 amide bonds. The summed E-state index contributed by atoms with van der Waals surface area (Å²) in [6, 6.07) is 8.77. The third-order valence-corrected chi connectivity index (χ3v) is 6.52. The van der Waals surface area contributed by atoms with E-state index in [-0.39, 0.29) is 28.4 Å². The predicted octanol–water partition coefficient (Wildman–Crippen LogP) is 2.83. The lowest BCUT2D eigenvalue weighted by Crippen LogP contribution is -2.37. The van der Waals surface area contributed by atoms with Gasteiger partial charge < -0.3 is 14.3 Å². The number of amides is 1. The first kappa shape index (κ1) is 22.2. The third kappa shape index (κ3) is 4.09. The van der Waals surface area contributed by atoms with Gasteiger partial charge in [-0.05, 0) is 56.2 Å². The van der Waals surface area contributed by atoms with Crippen LogP contribution in [0.1, 0.15) is 53.2 Å². The molecular weight excluding hydrogens is 422 g/mol. The van der Waals surface area contributed by atoms with Crippen molar-refractivity contribution < 1.29 is 32.3 Å². The summed E-state index contributed by atoms with van der Waals surface area (Å²) < 4.78 is 32.9. The van der Waals surface area contributed by atoms with Crippen LogP contribution in [0.2, 0.25) is 0 Å². The van der Waals surface area contributed by atoms with Gasteiger partial charge in [-0.15, -0.1) is 0 Å². The van der Waals surface area contributed by atoms with E-state index in [0.717, 1.165) is 24.3 Å². The summed E-state index contributed by atoms with van der Waals surface area (Å²) in [7, 11) is -4.36. The van der Waals surface area contributed by atoms with Gasteiger partial charge in [0.1, 0.15) is 11.3 Å². The molecule has 1 aromatic heterocycles. The highest BCUT2D eigenvalue weighted by Gasteiger charge is 2.31. The Kier molecular flexibility index (Phi) is 5.99. The van der Waals surface area contributed by atoms with Crippen molar-refractivity contribution in [2.45, 2.75) is 38.5 Å². The largest absolute Gasteiger partial charge is 0.545 e. The number of benzene rings is 2. The van der Waals surface area contributed by atoms with Gasteiger partial charge in [0.15, 0.2) is 5.78 Å². The van der Waals surface area contributed by atoms with Gasteiger partial charge in [0.05, 0.1) is 22.1 Å². The number of aromatic carboxylic acids is 1. The molecule has 3 aromatic rings. The zero-order valence-corrected chi connectivity index (χ0v) is 18.0. The number of ketones is 1. The monoisotopic (exact) mass is 442 g/mol. The second-order valence-electron chi connectivity index (χ2n) is 6.99. The Labute approximate surface area is 179 Å². The van der Waals surface area contributed by atoms with Crippen LogP contribution in [0.15, 0.2) is 51.8 Å². The van der Waals surface area contributed by atoms with E-state index < -0.39 is 21.9 Å². The van der Waals surface area contributed by atoms with Crippen LogP contribution in [0, 0.1) is 6.92 Å². The Hall–Kier alpha value is -3.46. The lowest BCUT2D eigenvalue weighted by molar-refractivity contribution is -0.255. The quantitative estimate of drug-likeness (QED) is 0.515. The van der Waals surface area contributed by atoms with Crippen LogP contribution >= 0.6 is 0 Å². The van der Waals surface area contributed by atoms with Gasteiger partial charge in [-0.2, -0.15) is 0 Å². The van der Waals surface area contributed by atoms with Gasteiger partial charge in [0.25, 0.3) is 10.0 Å². The molecule has 0 N–H and O–H groups in total. The highest BCUT2D eigenvalue weighted by molar-refractivity contribution is 7.93. The fourth-order valence-corrected chi connectivity index (χ4v) is 4.81. The summed E-state index contributed by atoms with van der Waals surface area (Å²) >= 11 is 0. The second-order valence-corrected chi connectivity index (χ2v) is 8.78. The lowest BCUT2D eigenvalue weighted by atomic mass is 10.1. The summed E-state index contributed by atoms with van der Waals surface area (Å²) in [6.45, 7) is 4.75. The highest BCUT2D eigenvalue weighted by atomic mass is 32.2. The van der Waals surface area contributed by atoms with E-state index in [1.54, 1.807) is 13.8 Å². The Morgan fingerprint density at radius 2 is 1.71 bits per heavy atom. The first-order valence-electron chi connectivity index (χ1n) is 9.51. The van der Waals surface area contributed by atoms with Gasteiger partial charge in [0, 0.05) is 11.8 Å². The van der Waals surface area contributed by atoms with Crippen molar-refractivity contribution in [2.75, 3.05) is 4.31 Å². The molecule has 0 saturated heterocycles. The standard InChI is InChI=1S/C22H21NO7S/c1-4-5-20(25)23(31(28,29)17-9-6-15(7-10-17)22(26)27)16-8-11-19-18(12-16)21(13(2)24)14(3)30-19/h6-12H,4-5H2,1-3H3,(H,26,27)/p-1. The van der Waals surface area contributed by atoms with Crippen molar-refractivity contribution in [1.29, 1.82) is 0 Å². The maximum atomic E-state index is 13.3. The molecular formula is C22H20NO7S-. The smallest absolute Gasteiger partial charge is 0.270 e. The molecule has 2 aromatic carbocycles. The fourth-order valence-electron chi connectivity index (χ4n) is 3.37. The Balaban J connectivity index is 2.19. The van der Waals surface area contributed by atoms with Crippen LogP contribution in [0.5, 0.6) is 0 Å². The average Bonchev–Trinajstić information content (AvgIpc) is 3.03. The molecule has 0 spiro atoms. The van der Waals surface area contributed by atoms with Crippen molar-refractivity contribution >= 4 is 44.3 Å². The molecule has 0 saturated carbocycles. The fraction of sp³-hybridized carbons (Fsp3) is 0.227. The maximum Gasteiger partial charge on any atom is 0.270 e. The van der Waals surface area contributed by atoms with E-state index in [9.17, 15) is 27.9 Å². The number of nitrogens with zero attached hydrogens (tertiary/aromatic N) is 1. The van der Waals surface area contributed by atoms with E-state index in [0.29, 0.717) is 33.0 Å². The van der Waals surface area contributed by atoms with Crippen molar-refractivity contribution in [3.8, 4) is 0 Å². The number of carboxylic acids is 1. The Morgan fingerprint density at radius 1 is 1.06 bits per heavy atom. The minimum atomic E-state index is -4.36. The van der Waals surface area contributed by atoms with Crippen LogP contribution in [-0.2, 0) is 14.8 Å². The number of hydrogen-bond donors (Lipinski definition) is 0. The van der Waals surface area contributed by atoms with Gasteiger partial charge in [-0.1, -0.05) is 19.1 Å². The van der Waals surface area contributed by atoms with Crippen molar-refractivity contribution in [1.82, 2.24) is 0 Å². The number of Topliss-reactive ketones (excluding diaryl/α,β-unsaturated/α-hetero) is 1. The number of hydrogen-bond acceptors (Lipinski definition) is 7. The number of carbonyl (C=O) groups is 3. The van der Waals surface area contributed by atoms with Gasteiger partial charge in [-0.3, -0.25) is 9.59 Å². The number of rotatable bonds is 7. The molecule has 31 heavy (non-hydrogen) atoms. The Bertz CT molecular complexity index is 1290. The molecule has 0 aliphatic carbocycles. The molecule has 0 fully saturated rings. The molecule has 9 heteroatoms. The van der Waals surface area contributed by atoms with Crippen molar-refractivity contribution in [3.05, 3.63) is 59.4 Å². The molecule has 3 rings (SSSR count). The maximum absolute atomic E-state index is 13.3. The first-order chi connectivity index (χ1) is 14.6. The number of sulfonamides is 1. The van der Waals surface area contributed by atoms with Crippen LogP contribution in [-0.4, -0.2) is 26.1 Å². The van der Waals surface area contributed by atoms with Gasteiger partial charge >= 0.3 is 0 Å². The van der Waals surface area contributed by atoms with Crippen LogP contribution in [0.4, 0.5) is 5.69 Å². The molecule has 0 bridgehead atoms. The van der Waals surface area contributed by atoms with Crippen LogP contribution in [0.3, 0.4) is 0 Å². The van der Waals surface area contributed by atoms with E-state index in [4.69, 9.17) is 4.42 Å². The molecule has 0 aliphatic rings. The molecule has 0 aliphatic heterocycles. The molecule has 0 unspecified atom stereocenters.